The molecule has 5 nitrogen and oxygen atoms in total. The summed E-state index contributed by atoms with van der Waals surface area (Å²) in [7, 11) is 1.62. The summed E-state index contributed by atoms with van der Waals surface area (Å²) in [5, 5.41) is 5.80. The number of amides is 2. The molecule has 1 heterocycles. The van der Waals surface area contributed by atoms with Gasteiger partial charge in [-0.2, -0.15) is 0 Å². The molecule has 0 atom stereocenters. The number of methoxy groups -OCH3 is 1. The Morgan fingerprint density at radius 3 is 2.38 bits per heavy atom. The van der Waals surface area contributed by atoms with Gasteiger partial charge in [-0.15, -0.1) is 0 Å². The third kappa shape index (κ3) is 5.23. The number of nitrogens with one attached hydrogen (secondary N) is 2. The highest BCUT2D eigenvalue weighted by Crippen LogP contribution is 2.17. The molecule has 0 bridgehead atoms. The molecule has 2 aromatic carbocycles. The zero-order valence-corrected chi connectivity index (χ0v) is 15.3. The molecule has 2 amide bonds. The van der Waals surface area contributed by atoms with Crippen molar-refractivity contribution >= 4 is 11.7 Å². The molecule has 1 aliphatic heterocycles. The Morgan fingerprint density at radius 2 is 1.69 bits per heavy atom. The van der Waals surface area contributed by atoms with Crippen LogP contribution in [0.15, 0.2) is 48.5 Å². The van der Waals surface area contributed by atoms with Gasteiger partial charge in [0.15, 0.2) is 0 Å². The van der Waals surface area contributed by atoms with E-state index in [1.165, 1.54) is 43.5 Å². The predicted molar refractivity (Wildman–Crippen MR) is 104 cm³/mol. The quantitative estimate of drug-likeness (QED) is 0.825. The largest absolute Gasteiger partial charge is 0.497 e. The molecule has 0 radical (unpaired) electrons. The lowest BCUT2D eigenvalue weighted by Gasteiger charge is -2.27. The minimum absolute atomic E-state index is 0.206. The first kappa shape index (κ1) is 18.3. The van der Waals surface area contributed by atoms with Crippen molar-refractivity contribution in [1.29, 1.82) is 0 Å². The number of piperidine rings is 1. The molecule has 0 aliphatic carbocycles. The van der Waals surface area contributed by atoms with Crippen LogP contribution in [-0.2, 0) is 13.1 Å². The SMILES string of the molecule is COc1ccc(NC(=O)NCc2ccccc2CN2CCCCC2)cc1. The summed E-state index contributed by atoms with van der Waals surface area (Å²) in [5.41, 5.74) is 3.20. The van der Waals surface area contributed by atoms with E-state index < -0.39 is 0 Å². The van der Waals surface area contributed by atoms with E-state index in [-0.39, 0.29) is 6.03 Å². The minimum Gasteiger partial charge on any atom is -0.497 e. The number of hydrogen-bond acceptors (Lipinski definition) is 3. The van der Waals surface area contributed by atoms with E-state index in [9.17, 15) is 4.79 Å². The predicted octanol–water partition coefficient (Wildman–Crippen LogP) is 4.00. The smallest absolute Gasteiger partial charge is 0.319 e. The van der Waals surface area contributed by atoms with Crippen LogP contribution in [0, 0.1) is 0 Å². The average Bonchev–Trinajstić information content (AvgIpc) is 2.69. The monoisotopic (exact) mass is 353 g/mol. The maximum Gasteiger partial charge on any atom is 0.319 e. The van der Waals surface area contributed by atoms with E-state index in [1.807, 2.05) is 30.3 Å². The average molecular weight is 353 g/mol. The fourth-order valence-corrected chi connectivity index (χ4v) is 3.27. The highest BCUT2D eigenvalue weighted by Gasteiger charge is 2.12. The first-order chi connectivity index (χ1) is 12.7. The van der Waals surface area contributed by atoms with Gasteiger partial charge in [0.2, 0.25) is 0 Å². The second kappa shape index (κ2) is 9.25. The lowest BCUT2D eigenvalue weighted by Crippen LogP contribution is -2.31. The van der Waals surface area contributed by atoms with Crippen molar-refractivity contribution in [3.8, 4) is 5.75 Å². The van der Waals surface area contributed by atoms with Gasteiger partial charge in [0.1, 0.15) is 5.75 Å². The molecule has 1 saturated heterocycles. The lowest BCUT2D eigenvalue weighted by molar-refractivity contribution is 0.220. The minimum atomic E-state index is -0.206. The van der Waals surface area contributed by atoms with E-state index in [2.05, 4.69) is 33.7 Å². The standard InChI is InChI=1S/C21H27N3O2/c1-26-20-11-9-19(10-12-20)23-21(25)22-15-17-7-3-4-8-18(17)16-24-13-5-2-6-14-24/h3-4,7-12H,2,5-6,13-16H2,1H3,(H2,22,23,25). The van der Waals surface area contributed by atoms with E-state index in [0.717, 1.165) is 18.0 Å². The van der Waals surface area contributed by atoms with Crippen LogP contribution < -0.4 is 15.4 Å². The molecule has 138 valence electrons. The van der Waals surface area contributed by atoms with Crippen LogP contribution in [0.4, 0.5) is 10.5 Å². The number of rotatable bonds is 6. The first-order valence-corrected chi connectivity index (χ1v) is 9.22. The molecule has 0 unspecified atom stereocenters. The number of ether oxygens (including phenoxy) is 1. The van der Waals surface area contributed by atoms with Crippen LogP contribution in [0.3, 0.4) is 0 Å². The molecule has 0 saturated carbocycles. The Labute approximate surface area is 155 Å². The molecule has 26 heavy (non-hydrogen) atoms. The van der Waals surface area contributed by atoms with Crippen LogP contribution in [0.1, 0.15) is 30.4 Å². The van der Waals surface area contributed by atoms with Gasteiger partial charge in [-0.3, -0.25) is 4.90 Å². The first-order valence-electron chi connectivity index (χ1n) is 9.22. The summed E-state index contributed by atoms with van der Waals surface area (Å²) < 4.78 is 5.12. The van der Waals surface area contributed by atoms with Crippen molar-refractivity contribution in [2.24, 2.45) is 0 Å². The van der Waals surface area contributed by atoms with E-state index in [0.29, 0.717) is 6.54 Å². The van der Waals surface area contributed by atoms with Gasteiger partial charge in [-0.1, -0.05) is 30.7 Å². The molecular weight excluding hydrogens is 326 g/mol. The summed E-state index contributed by atoms with van der Waals surface area (Å²) >= 11 is 0. The Bertz CT molecular complexity index is 709. The Kier molecular flexibility index (Phi) is 6.50. The maximum absolute atomic E-state index is 12.2. The fourth-order valence-electron chi connectivity index (χ4n) is 3.27. The third-order valence-electron chi connectivity index (χ3n) is 4.75. The van der Waals surface area contributed by atoms with Crippen LogP contribution in [0.2, 0.25) is 0 Å². The molecule has 1 fully saturated rings. The van der Waals surface area contributed by atoms with E-state index >= 15 is 0 Å². The van der Waals surface area contributed by atoms with Crippen LogP contribution in [0.5, 0.6) is 5.75 Å². The van der Waals surface area contributed by atoms with Crippen molar-refractivity contribution in [1.82, 2.24) is 10.2 Å². The summed E-state index contributed by atoms with van der Waals surface area (Å²) in [6, 6.07) is 15.4. The van der Waals surface area contributed by atoms with Crippen molar-refractivity contribution in [2.75, 3.05) is 25.5 Å². The van der Waals surface area contributed by atoms with Gasteiger partial charge in [0.25, 0.3) is 0 Å². The summed E-state index contributed by atoms with van der Waals surface area (Å²) in [5.74, 6) is 0.766. The highest BCUT2D eigenvalue weighted by atomic mass is 16.5. The van der Waals surface area contributed by atoms with Crippen LogP contribution in [0.25, 0.3) is 0 Å². The molecule has 5 heteroatoms. The summed E-state index contributed by atoms with van der Waals surface area (Å²) in [6.07, 6.45) is 3.90. The van der Waals surface area contributed by atoms with Gasteiger partial charge in [-0.05, 0) is 61.3 Å². The Hall–Kier alpha value is -2.53. The van der Waals surface area contributed by atoms with Crippen LogP contribution in [-0.4, -0.2) is 31.1 Å². The Balaban J connectivity index is 1.54. The number of benzene rings is 2. The number of carbonyl (C=O) groups excluding carboxylic acids is 1. The molecule has 1 aliphatic rings. The van der Waals surface area contributed by atoms with Gasteiger partial charge in [-0.25, -0.2) is 4.79 Å². The topological polar surface area (TPSA) is 53.6 Å². The van der Waals surface area contributed by atoms with Crippen LogP contribution >= 0.6 is 0 Å². The summed E-state index contributed by atoms with van der Waals surface area (Å²) in [4.78, 5) is 14.7. The van der Waals surface area contributed by atoms with Gasteiger partial charge in [0, 0.05) is 18.8 Å². The normalized spacial score (nSPS) is 14.7. The van der Waals surface area contributed by atoms with Gasteiger partial charge >= 0.3 is 6.03 Å². The number of urea groups is 1. The van der Waals surface area contributed by atoms with Crippen molar-refractivity contribution in [2.45, 2.75) is 32.4 Å². The molecule has 3 rings (SSSR count). The van der Waals surface area contributed by atoms with Crippen molar-refractivity contribution in [3.05, 3.63) is 59.7 Å². The zero-order chi connectivity index (χ0) is 18.2. The molecular formula is C21H27N3O2. The molecule has 0 spiro atoms. The number of carbonyl (C=O) groups is 1. The second-order valence-corrected chi connectivity index (χ2v) is 6.64. The fraction of sp³-hybridized carbons (Fsp3) is 0.381. The molecule has 0 aromatic heterocycles. The van der Waals surface area contributed by atoms with E-state index in [4.69, 9.17) is 4.74 Å². The van der Waals surface area contributed by atoms with Crippen molar-refractivity contribution in [3.63, 3.8) is 0 Å². The number of nitrogens with zero attached hydrogens (tertiary/aromatic N) is 1. The van der Waals surface area contributed by atoms with Gasteiger partial charge in [0.05, 0.1) is 7.11 Å². The maximum atomic E-state index is 12.2. The summed E-state index contributed by atoms with van der Waals surface area (Å²) in [6.45, 7) is 3.81. The number of hydrogen-bond donors (Lipinski definition) is 2. The number of anilines is 1. The van der Waals surface area contributed by atoms with Gasteiger partial charge < -0.3 is 15.4 Å². The van der Waals surface area contributed by atoms with Crippen molar-refractivity contribution < 1.29 is 9.53 Å². The molecule has 2 aromatic rings. The lowest BCUT2D eigenvalue weighted by atomic mass is 10.0. The zero-order valence-electron chi connectivity index (χ0n) is 15.3. The second-order valence-electron chi connectivity index (χ2n) is 6.64. The third-order valence-corrected chi connectivity index (χ3v) is 4.75. The van der Waals surface area contributed by atoms with E-state index in [1.54, 1.807) is 7.11 Å². The Morgan fingerprint density at radius 1 is 1.00 bits per heavy atom. The molecule has 2 N–H and O–H groups in total. The number of likely N-dealkylation sites (tertiary alicyclic amines) is 1. The highest BCUT2D eigenvalue weighted by molar-refractivity contribution is 5.89.